The Bertz CT molecular complexity index is 552. The third kappa shape index (κ3) is 1.78. The topological polar surface area (TPSA) is 54.7 Å². The molecule has 6 nitrogen and oxygen atoms in total. The van der Waals surface area contributed by atoms with Crippen LogP contribution in [0, 0.1) is 0 Å². The number of morpholine rings is 1. The lowest BCUT2D eigenvalue weighted by Crippen LogP contribution is -2.44. The van der Waals surface area contributed by atoms with E-state index in [9.17, 15) is 0 Å². The quantitative estimate of drug-likeness (QED) is 0.858. The smallest absolute Gasteiger partial charge is 0.180 e. The van der Waals surface area contributed by atoms with E-state index in [0.29, 0.717) is 6.04 Å². The minimum Gasteiger partial charge on any atom is -0.377 e. The van der Waals surface area contributed by atoms with Gasteiger partial charge in [-0.1, -0.05) is 0 Å². The Morgan fingerprint density at radius 2 is 2.39 bits per heavy atom. The molecular weight excluding hydrogens is 230 g/mol. The average molecular weight is 247 g/mol. The summed E-state index contributed by atoms with van der Waals surface area (Å²) >= 11 is 0. The second-order valence-electron chi connectivity index (χ2n) is 4.48. The Morgan fingerprint density at radius 3 is 3.17 bits per heavy atom. The lowest BCUT2D eigenvalue weighted by molar-refractivity contribution is 0.0986. The summed E-state index contributed by atoms with van der Waals surface area (Å²) in [5, 5.41) is 3.09. The molecule has 0 spiro atoms. The van der Waals surface area contributed by atoms with Crippen molar-refractivity contribution in [2.45, 2.75) is 13.0 Å². The molecule has 0 bridgehead atoms. The molecule has 6 heteroatoms. The van der Waals surface area contributed by atoms with Gasteiger partial charge in [0.15, 0.2) is 11.5 Å². The van der Waals surface area contributed by atoms with Crippen LogP contribution in [0.25, 0.3) is 5.65 Å². The van der Waals surface area contributed by atoms with Crippen LogP contribution in [-0.2, 0) is 4.74 Å². The average Bonchev–Trinajstić information content (AvgIpc) is 2.86. The highest BCUT2D eigenvalue weighted by Gasteiger charge is 2.23. The monoisotopic (exact) mass is 247 g/mol. The van der Waals surface area contributed by atoms with Crippen molar-refractivity contribution in [1.29, 1.82) is 0 Å². The Morgan fingerprint density at radius 1 is 1.50 bits per heavy atom. The Labute approximate surface area is 106 Å². The van der Waals surface area contributed by atoms with E-state index >= 15 is 0 Å². The summed E-state index contributed by atoms with van der Waals surface area (Å²) in [7, 11) is 1.87. The maximum Gasteiger partial charge on any atom is 0.180 e. The van der Waals surface area contributed by atoms with Gasteiger partial charge in [-0.05, 0) is 6.92 Å². The first-order valence-electron chi connectivity index (χ1n) is 6.15. The van der Waals surface area contributed by atoms with E-state index in [1.54, 1.807) is 6.20 Å². The number of nitrogens with one attached hydrogen (secondary N) is 1. The fraction of sp³-hybridized carbons (Fsp3) is 0.500. The predicted molar refractivity (Wildman–Crippen MR) is 70.2 cm³/mol. The van der Waals surface area contributed by atoms with Gasteiger partial charge >= 0.3 is 0 Å². The molecule has 0 aromatic carbocycles. The summed E-state index contributed by atoms with van der Waals surface area (Å²) in [5.41, 5.74) is 0.891. The van der Waals surface area contributed by atoms with Gasteiger partial charge in [-0.2, -0.15) is 0 Å². The molecule has 96 valence electrons. The van der Waals surface area contributed by atoms with E-state index in [2.05, 4.69) is 27.1 Å². The van der Waals surface area contributed by atoms with Crippen LogP contribution in [0.15, 0.2) is 18.6 Å². The van der Waals surface area contributed by atoms with Crippen LogP contribution in [0.3, 0.4) is 0 Å². The van der Waals surface area contributed by atoms with Crippen molar-refractivity contribution < 1.29 is 4.74 Å². The third-order valence-corrected chi connectivity index (χ3v) is 3.25. The van der Waals surface area contributed by atoms with Crippen molar-refractivity contribution in [3.8, 4) is 0 Å². The van der Waals surface area contributed by atoms with E-state index in [4.69, 9.17) is 4.74 Å². The maximum absolute atomic E-state index is 5.47. The SMILES string of the molecule is CNc1cn2ccnc2c(N2CCOCC2C)n1. The number of anilines is 2. The lowest BCUT2D eigenvalue weighted by atomic mass is 10.2. The third-order valence-electron chi connectivity index (χ3n) is 3.25. The Balaban J connectivity index is 2.10. The number of fused-ring (bicyclic) bond motifs is 1. The van der Waals surface area contributed by atoms with Crippen molar-refractivity contribution in [3.63, 3.8) is 0 Å². The molecule has 2 aromatic heterocycles. The highest BCUT2D eigenvalue weighted by molar-refractivity contribution is 5.67. The highest BCUT2D eigenvalue weighted by atomic mass is 16.5. The number of imidazole rings is 1. The normalized spacial score (nSPS) is 20.3. The Kier molecular flexibility index (Phi) is 2.79. The zero-order valence-electron chi connectivity index (χ0n) is 10.6. The number of hydrogen-bond acceptors (Lipinski definition) is 5. The molecule has 1 atom stereocenters. The van der Waals surface area contributed by atoms with Gasteiger partial charge in [-0.15, -0.1) is 0 Å². The molecular formula is C12H17N5O. The molecule has 1 unspecified atom stereocenters. The molecule has 0 aliphatic carbocycles. The van der Waals surface area contributed by atoms with E-state index < -0.39 is 0 Å². The summed E-state index contributed by atoms with van der Waals surface area (Å²) in [4.78, 5) is 11.3. The number of nitrogens with zero attached hydrogens (tertiary/aromatic N) is 4. The number of aromatic nitrogens is 3. The molecule has 18 heavy (non-hydrogen) atoms. The van der Waals surface area contributed by atoms with Crippen LogP contribution >= 0.6 is 0 Å². The zero-order valence-corrected chi connectivity index (χ0v) is 10.6. The first kappa shape index (κ1) is 11.3. The second-order valence-corrected chi connectivity index (χ2v) is 4.48. The van der Waals surface area contributed by atoms with E-state index in [0.717, 1.165) is 37.0 Å². The molecule has 1 fully saturated rings. The summed E-state index contributed by atoms with van der Waals surface area (Å²) in [6.07, 6.45) is 5.68. The van der Waals surface area contributed by atoms with Gasteiger partial charge in [0.25, 0.3) is 0 Å². The van der Waals surface area contributed by atoms with Crippen molar-refractivity contribution in [2.24, 2.45) is 0 Å². The van der Waals surface area contributed by atoms with Crippen LogP contribution < -0.4 is 10.2 Å². The van der Waals surface area contributed by atoms with Gasteiger partial charge in [0, 0.05) is 26.0 Å². The highest BCUT2D eigenvalue weighted by Crippen LogP contribution is 2.23. The van der Waals surface area contributed by atoms with Gasteiger partial charge in [-0.3, -0.25) is 0 Å². The summed E-state index contributed by atoms with van der Waals surface area (Å²) in [5.74, 6) is 1.76. The standard InChI is InChI=1S/C12H17N5O/c1-9-8-18-6-5-17(9)12-11-14-3-4-16(11)7-10(13-2)15-12/h3-4,7,9,13H,5-6,8H2,1-2H3. The van der Waals surface area contributed by atoms with Gasteiger partial charge in [-0.25, -0.2) is 9.97 Å². The van der Waals surface area contributed by atoms with Gasteiger partial charge in [0.05, 0.1) is 25.5 Å². The van der Waals surface area contributed by atoms with Crippen LogP contribution in [0.4, 0.5) is 11.6 Å². The second kappa shape index (κ2) is 4.45. The van der Waals surface area contributed by atoms with Crippen molar-refractivity contribution >= 4 is 17.3 Å². The molecule has 3 rings (SSSR count). The zero-order chi connectivity index (χ0) is 12.5. The Hall–Kier alpha value is -1.82. The first-order valence-corrected chi connectivity index (χ1v) is 6.15. The number of rotatable bonds is 2. The fourth-order valence-corrected chi connectivity index (χ4v) is 2.27. The van der Waals surface area contributed by atoms with Gasteiger partial charge in [0.1, 0.15) is 5.82 Å². The molecule has 3 heterocycles. The van der Waals surface area contributed by atoms with E-state index in [1.165, 1.54) is 0 Å². The van der Waals surface area contributed by atoms with Crippen LogP contribution in [0.5, 0.6) is 0 Å². The first-order chi connectivity index (χ1) is 8.79. The minimum absolute atomic E-state index is 0.318. The largest absolute Gasteiger partial charge is 0.377 e. The molecule has 0 saturated carbocycles. The molecule has 0 amide bonds. The van der Waals surface area contributed by atoms with Crippen LogP contribution in [0.1, 0.15) is 6.92 Å². The van der Waals surface area contributed by atoms with Gasteiger partial charge < -0.3 is 19.4 Å². The molecule has 1 aliphatic rings. The minimum atomic E-state index is 0.318. The van der Waals surface area contributed by atoms with E-state index in [-0.39, 0.29) is 0 Å². The predicted octanol–water partition coefficient (Wildman–Crippen LogP) is 0.996. The molecule has 0 radical (unpaired) electrons. The summed E-state index contributed by atoms with van der Waals surface area (Å²) in [6.45, 7) is 4.47. The van der Waals surface area contributed by atoms with Crippen LogP contribution in [-0.4, -0.2) is 47.2 Å². The molecule has 2 aromatic rings. The molecule has 1 saturated heterocycles. The number of hydrogen-bond donors (Lipinski definition) is 1. The van der Waals surface area contributed by atoms with E-state index in [1.807, 2.05) is 23.8 Å². The summed E-state index contributed by atoms with van der Waals surface area (Å²) < 4.78 is 7.47. The fourth-order valence-electron chi connectivity index (χ4n) is 2.27. The van der Waals surface area contributed by atoms with Crippen molar-refractivity contribution in [3.05, 3.63) is 18.6 Å². The molecule has 1 aliphatic heterocycles. The number of ether oxygens (including phenoxy) is 1. The van der Waals surface area contributed by atoms with Crippen molar-refractivity contribution in [2.75, 3.05) is 37.0 Å². The van der Waals surface area contributed by atoms with Crippen LogP contribution in [0.2, 0.25) is 0 Å². The maximum atomic E-state index is 5.47. The molecule has 1 N–H and O–H groups in total. The summed E-state index contributed by atoms with van der Waals surface area (Å²) in [6, 6.07) is 0.318. The van der Waals surface area contributed by atoms with Gasteiger partial charge in [0.2, 0.25) is 0 Å². The lowest BCUT2D eigenvalue weighted by Gasteiger charge is -2.34. The van der Waals surface area contributed by atoms with Crippen molar-refractivity contribution in [1.82, 2.24) is 14.4 Å².